The van der Waals surface area contributed by atoms with Crippen molar-refractivity contribution >= 4 is 17.5 Å². The second-order valence-electron chi connectivity index (χ2n) is 9.52. The summed E-state index contributed by atoms with van der Waals surface area (Å²) in [4.78, 5) is 28.5. The van der Waals surface area contributed by atoms with E-state index in [1.54, 1.807) is 24.4 Å². The molecule has 0 radical (unpaired) electrons. The number of pyridine rings is 1. The van der Waals surface area contributed by atoms with Crippen LogP contribution in [0.15, 0.2) is 48.7 Å². The number of Topliss-reactive ketones (excluding diaryl/α,β-unsaturated/α-hetero) is 1. The Morgan fingerprint density at radius 1 is 1.14 bits per heavy atom. The SMILES string of the molecule is O=C(Cc1cc(F)cc(C(F)(F)F)c1)C[C@@H]1[C@H]2Oc3ccc(Oc4ccnc5c4CCC(=O)N5)cc3[C@@H]12. The van der Waals surface area contributed by atoms with E-state index < -0.39 is 17.6 Å². The summed E-state index contributed by atoms with van der Waals surface area (Å²) in [7, 11) is 0. The average Bonchev–Trinajstić information content (AvgIpc) is 3.34. The Morgan fingerprint density at radius 2 is 1.97 bits per heavy atom. The monoisotopic (exact) mass is 512 g/mol. The Labute approximate surface area is 208 Å². The summed E-state index contributed by atoms with van der Waals surface area (Å²) < 4.78 is 64.7. The molecule has 37 heavy (non-hydrogen) atoms. The molecule has 3 aliphatic rings. The van der Waals surface area contributed by atoms with Gasteiger partial charge >= 0.3 is 6.18 Å². The highest BCUT2D eigenvalue weighted by Crippen LogP contribution is 2.60. The molecule has 1 N–H and O–H groups in total. The minimum atomic E-state index is -4.69. The standard InChI is InChI=1S/C27H20F4N2O4/c28-15-8-13(7-14(10-15)27(29,30)31)9-16(34)11-20-24-19-12-17(1-3-21(19)37-25(20)24)36-22-5-6-32-26-18(22)2-4-23(35)33-26/h1,3,5-8,10,12,20,24-25H,2,4,9,11H2,(H,32,33,35)/t20-,24-,25+/m0/s1. The van der Waals surface area contributed by atoms with Crippen molar-refractivity contribution < 1.29 is 36.6 Å². The van der Waals surface area contributed by atoms with Gasteiger partial charge in [0.15, 0.2) is 0 Å². The zero-order chi connectivity index (χ0) is 25.9. The van der Waals surface area contributed by atoms with Gasteiger partial charge in [-0.15, -0.1) is 0 Å². The van der Waals surface area contributed by atoms with Crippen molar-refractivity contribution in [2.45, 2.75) is 43.9 Å². The van der Waals surface area contributed by atoms with Gasteiger partial charge in [-0.25, -0.2) is 9.37 Å². The number of carbonyl (C=O) groups is 2. The van der Waals surface area contributed by atoms with Gasteiger partial charge in [0.25, 0.3) is 0 Å². The van der Waals surface area contributed by atoms with Gasteiger partial charge in [0.2, 0.25) is 5.91 Å². The lowest BCUT2D eigenvalue weighted by atomic mass is 10.00. The average molecular weight is 512 g/mol. The van der Waals surface area contributed by atoms with Gasteiger partial charge < -0.3 is 14.8 Å². The third kappa shape index (κ3) is 4.52. The maximum Gasteiger partial charge on any atom is 0.416 e. The summed E-state index contributed by atoms with van der Waals surface area (Å²) >= 11 is 0. The first-order valence-electron chi connectivity index (χ1n) is 11.8. The lowest BCUT2D eigenvalue weighted by Gasteiger charge is -2.19. The summed E-state index contributed by atoms with van der Waals surface area (Å²) in [5.41, 5.74) is 0.609. The number of alkyl halides is 3. The fraction of sp³-hybridized carbons (Fsp3) is 0.296. The minimum absolute atomic E-state index is 0.00277. The first-order chi connectivity index (χ1) is 17.7. The Hall–Kier alpha value is -3.95. The van der Waals surface area contributed by atoms with E-state index in [1.807, 2.05) is 6.07 Å². The Balaban J connectivity index is 1.13. The van der Waals surface area contributed by atoms with Crippen molar-refractivity contribution in [1.82, 2.24) is 4.98 Å². The number of anilines is 1. The van der Waals surface area contributed by atoms with Crippen molar-refractivity contribution in [3.8, 4) is 17.2 Å². The molecule has 6 nitrogen and oxygen atoms in total. The van der Waals surface area contributed by atoms with E-state index in [0.29, 0.717) is 42.0 Å². The zero-order valence-corrected chi connectivity index (χ0v) is 19.3. The molecule has 190 valence electrons. The third-order valence-corrected chi connectivity index (χ3v) is 6.95. The Kier molecular flexibility index (Phi) is 5.43. The van der Waals surface area contributed by atoms with Crippen molar-refractivity contribution in [3.63, 3.8) is 0 Å². The number of nitrogens with zero attached hydrogens (tertiary/aromatic N) is 1. The van der Waals surface area contributed by atoms with Crippen LogP contribution in [-0.2, 0) is 28.6 Å². The molecular formula is C27H20F4N2O4. The Morgan fingerprint density at radius 3 is 2.78 bits per heavy atom. The molecule has 0 saturated heterocycles. The van der Waals surface area contributed by atoms with Crippen LogP contribution in [0, 0.1) is 11.7 Å². The molecule has 2 aliphatic heterocycles. The van der Waals surface area contributed by atoms with Crippen molar-refractivity contribution in [2.75, 3.05) is 5.32 Å². The van der Waals surface area contributed by atoms with Crippen molar-refractivity contribution in [3.05, 3.63) is 76.7 Å². The van der Waals surface area contributed by atoms with Gasteiger partial charge in [0, 0.05) is 48.4 Å². The van der Waals surface area contributed by atoms with Gasteiger partial charge in [0.1, 0.15) is 40.8 Å². The lowest BCUT2D eigenvalue weighted by Crippen LogP contribution is -2.20. The molecule has 10 heteroatoms. The fourth-order valence-corrected chi connectivity index (χ4v) is 5.22. The van der Waals surface area contributed by atoms with E-state index in [-0.39, 0.29) is 48.0 Å². The quantitative estimate of drug-likeness (QED) is 0.436. The van der Waals surface area contributed by atoms with E-state index in [2.05, 4.69) is 10.3 Å². The van der Waals surface area contributed by atoms with Crippen LogP contribution in [0.4, 0.5) is 23.4 Å². The predicted octanol–water partition coefficient (Wildman–Crippen LogP) is 5.59. The van der Waals surface area contributed by atoms with E-state index in [9.17, 15) is 27.2 Å². The summed E-state index contributed by atoms with van der Waals surface area (Å²) in [5, 5.41) is 2.74. The normalized spacial score (nSPS) is 21.3. The number of rotatable bonds is 6. The van der Waals surface area contributed by atoms with Crippen LogP contribution in [0.25, 0.3) is 0 Å². The topological polar surface area (TPSA) is 77.5 Å². The number of nitrogens with one attached hydrogen (secondary N) is 1. The lowest BCUT2D eigenvalue weighted by molar-refractivity contribution is -0.138. The van der Waals surface area contributed by atoms with E-state index in [0.717, 1.165) is 23.3 Å². The predicted molar refractivity (Wildman–Crippen MR) is 123 cm³/mol. The largest absolute Gasteiger partial charge is 0.489 e. The number of halogens is 4. The molecule has 0 spiro atoms. The minimum Gasteiger partial charge on any atom is -0.489 e. The van der Waals surface area contributed by atoms with E-state index in [4.69, 9.17) is 9.47 Å². The first kappa shape index (κ1) is 23.4. The van der Waals surface area contributed by atoms with Crippen molar-refractivity contribution in [2.24, 2.45) is 5.92 Å². The molecule has 0 unspecified atom stereocenters. The van der Waals surface area contributed by atoms with Crippen molar-refractivity contribution in [1.29, 1.82) is 0 Å². The summed E-state index contributed by atoms with van der Waals surface area (Å²) in [6.07, 6.45) is -2.61. The van der Waals surface area contributed by atoms with Gasteiger partial charge in [-0.1, -0.05) is 0 Å². The number of aromatic nitrogens is 1. The van der Waals surface area contributed by atoms with Gasteiger partial charge in [-0.05, 0) is 54.4 Å². The van der Waals surface area contributed by atoms with Crippen LogP contribution in [-0.4, -0.2) is 22.8 Å². The van der Waals surface area contributed by atoms with Crippen LogP contribution in [0.1, 0.15) is 41.0 Å². The highest BCUT2D eigenvalue weighted by molar-refractivity contribution is 5.93. The maximum absolute atomic E-state index is 13.7. The number of ether oxygens (including phenoxy) is 2. The maximum atomic E-state index is 13.7. The number of amides is 1. The van der Waals surface area contributed by atoms with E-state index in [1.165, 1.54) is 0 Å². The van der Waals surface area contributed by atoms with Crippen LogP contribution < -0.4 is 14.8 Å². The number of fused-ring (bicyclic) bond motifs is 4. The van der Waals surface area contributed by atoms with Crippen LogP contribution in [0.3, 0.4) is 0 Å². The van der Waals surface area contributed by atoms with Gasteiger partial charge in [-0.2, -0.15) is 13.2 Å². The van der Waals surface area contributed by atoms with E-state index >= 15 is 0 Å². The second-order valence-corrected chi connectivity index (χ2v) is 9.52. The smallest absolute Gasteiger partial charge is 0.416 e. The summed E-state index contributed by atoms with van der Waals surface area (Å²) in [5.74, 6) is 0.840. The molecule has 1 fully saturated rings. The molecular weight excluding hydrogens is 492 g/mol. The zero-order valence-electron chi connectivity index (χ0n) is 19.3. The van der Waals surface area contributed by atoms with Crippen LogP contribution in [0.5, 0.6) is 17.2 Å². The molecule has 1 aliphatic carbocycles. The van der Waals surface area contributed by atoms with Gasteiger partial charge in [0.05, 0.1) is 5.56 Å². The van der Waals surface area contributed by atoms with Crippen LogP contribution in [0.2, 0.25) is 0 Å². The molecule has 3 heterocycles. The summed E-state index contributed by atoms with van der Waals surface area (Å²) in [6.45, 7) is 0. The molecule has 3 atom stereocenters. The number of ketones is 1. The molecule has 3 aromatic rings. The molecule has 2 aromatic carbocycles. The highest BCUT2D eigenvalue weighted by atomic mass is 19.4. The first-order valence-corrected chi connectivity index (χ1v) is 11.8. The number of carbonyl (C=O) groups excluding carboxylic acids is 2. The molecule has 6 rings (SSSR count). The molecule has 1 saturated carbocycles. The molecule has 1 aromatic heterocycles. The second kappa shape index (κ2) is 8.57. The van der Waals surface area contributed by atoms with Gasteiger partial charge in [-0.3, -0.25) is 9.59 Å². The van der Waals surface area contributed by atoms with Crippen LogP contribution >= 0.6 is 0 Å². The Bertz CT molecular complexity index is 1440. The number of hydrogen-bond acceptors (Lipinski definition) is 5. The third-order valence-electron chi connectivity index (χ3n) is 6.95. The number of benzene rings is 2. The number of hydrogen-bond donors (Lipinski definition) is 1. The highest BCUT2D eigenvalue weighted by Gasteiger charge is 2.59. The molecule has 1 amide bonds. The summed E-state index contributed by atoms with van der Waals surface area (Å²) in [6, 6.07) is 9.37. The fourth-order valence-electron chi connectivity index (χ4n) is 5.22. The molecule has 0 bridgehead atoms.